The van der Waals surface area contributed by atoms with E-state index in [1.54, 1.807) is 0 Å². The third-order valence-electron chi connectivity index (χ3n) is 3.95. The first-order valence-electron chi connectivity index (χ1n) is 8.23. The largest absolute Gasteiger partial charge is 0.322 e. The summed E-state index contributed by atoms with van der Waals surface area (Å²) in [4.78, 5) is 20.2. The number of rotatable bonds is 4. The normalized spacial score (nSPS) is 11.4. The molecule has 1 N–H and O–H groups in total. The van der Waals surface area contributed by atoms with Crippen molar-refractivity contribution >= 4 is 23.2 Å². The molecule has 3 rings (SSSR count). The summed E-state index contributed by atoms with van der Waals surface area (Å²) in [6.45, 7) is 2.64. The predicted molar refractivity (Wildman–Crippen MR) is 101 cm³/mol. The van der Waals surface area contributed by atoms with Gasteiger partial charge in [0.15, 0.2) is 11.6 Å². The van der Waals surface area contributed by atoms with Crippen LogP contribution in [0.25, 0.3) is 11.1 Å². The number of alkyl halides is 1. The van der Waals surface area contributed by atoms with Gasteiger partial charge in [0, 0.05) is 35.3 Å². The van der Waals surface area contributed by atoms with Gasteiger partial charge in [0.05, 0.1) is 5.69 Å². The summed E-state index contributed by atoms with van der Waals surface area (Å²) in [5, 5.41) is 2.60. The SMILES string of the molecule is CC(C)(F)c1cc(C(=O)Nc2cc(F)c(F)c(-c3ccnc(Cl)c3)c2)ccn1. The first-order chi connectivity index (χ1) is 13.1. The molecule has 0 unspecified atom stereocenters. The molecule has 0 aliphatic heterocycles. The van der Waals surface area contributed by atoms with Crippen LogP contribution >= 0.6 is 11.6 Å². The number of nitrogens with zero attached hydrogens (tertiary/aromatic N) is 2. The molecule has 0 fully saturated rings. The Hall–Kier alpha value is -2.93. The highest BCUT2D eigenvalue weighted by Gasteiger charge is 2.22. The lowest BCUT2D eigenvalue weighted by molar-refractivity contribution is 0.102. The number of halogens is 4. The monoisotopic (exact) mass is 405 g/mol. The van der Waals surface area contributed by atoms with E-state index >= 15 is 0 Å². The standard InChI is InChI=1S/C20H15ClF3N3O/c1-20(2,24)16-7-12(4-5-25-16)19(28)27-13-9-14(18(23)15(22)10-13)11-3-6-26-17(21)8-11/h3-10H,1-2H3,(H,27,28). The molecular formula is C20H15ClF3N3O. The van der Waals surface area contributed by atoms with Crippen LogP contribution in [0.2, 0.25) is 5.15 Å². The van der Waals surface area contributed by atoms with E-state index in [-0.39, 0.29) is 27.7 Å². The molecule has 144 valence electrons. The zero-order chi connectivity index (χ0) is 20.5. The number of amides is 1. The van der Waals surface area contributed by atoms with Crippen LogP contribution in [0.5, 0.6) is 0 Å². The number of hydrogen-bond donors (Lipinski definition) is 1. The van der Waals surface area contributed by atoms with E-state index in [1.807, 2.05) is 0 Å². The molecule has 0 saturated carbocycles. The Labute approximate surface area is 164 Å². The van der Waals surface area contributed by atoms with Crippen molar-refractivity contribution in [3.63, 3.8) is 0 Å². The summed E-state index contributed by atoms with van der Waals surface area (Å²) in [5.41, 5.74) is -1.26. The molecule has 3 aromatic rings. The third kappa shape index (κ3) is 4.31. The van der Waals surface area contributed by atoms with E-state index in [1.165, 1.54) is 56.6 Å². The lowest BCUT2D eigenvalue weighted by Crippen LogP contribution is -2.16. The van der Waals surface area contributed by atoms with Crippen LogP contribution in [0.15, 0.2) is 48.8 Å². The Balaban J connectivity index is 1.94. The molecule has 0 bridgehead atoms. The molecule has 1 aromatic carbocycles. The van der Waals surface area contributed by atoms with Gasteiger partial charge in [0.25, 0.3) is 5.91 Å². The number of aromatic nitrogens is 2. The third-order valence-corrected chi connectivity index (χ3v) is 4.16. The van der Waals surface area contributed by atoms with Crippen LogP contribution in [0.1, 0.15) is 29.9 Å². The summed E-state index contributed by atoms with van der Waals surface area (Å²) in [6.07, 6.45) is 2.67. The number of carbonyl (C=O) groups excluding carboxylic acids is 1. The van der Waals surface area contributed by atoms with E-state index in [9.17, 15) is 18.0 Å². The summed E-state index contributed by atoms with van der Waals surface area (Å²) in [7, 11) is 0. The fourth-order valence-corrected chi connectivity index (χ4v) is 2.72. The van der Waals surface area contributed by atoms with Crippen molar-refractivity contribution in [2.75, 3.05) is 5.32 Å². The molecule has 28 heavy (non-hydrogen) atoms. The first kappa shape index (κ1) is 19.8. The Bertz CT molecular complexity index is 1050. The Morgan fingerprint density at radius 1 is 1.07 bits per heavy atom. The second-order valence-corrected chi connectivity index (χ2v) is 6.93. The molecule has 2 aromatic heterocycles. The minimum absolute atomic E-state index is 0.0321. The zero-order valence-electron chi connectivity index (χ0n) is 14.9. The van der Waals surface area contributed by atoms with Crippen LogP contribution in [0.3, 0.4) is 0 Å². The molecule has 0 aliphatic rings. The Morgan fingerprint density at radius 3 is 2.46 bits per heavy atom. The van der Waals surface area contributed by atoms with Crippen molar-refractivity contribution in [3.05, 3.63) is 76.8 Å². The highest BCUT2D eigenvalue weighted by Crippen LogP contribution is 2.30. The molecule has 4 nitrogen and oxygen atoms in total. The Kier molecular flexibility index (Phi) is 5.38. The van der Waals surface area contributed by atoms with Crippen LogP contribution < -0.4 is 5.32 Å². The summed E-state index contributed by atoms with van der Waals surface area (Å²) >= 11 is 5.81. The van der Waals surface area contributed by atoms with Crippen molar-refractivity contribution in [2.24, 2.45) is 0 Å². The van der Waals surface area contributed by atoms with Gasteiger partial charge in [-0.25, -0.2) is 18.2 Å². The summed E-state index contributed by atoms with van der Waals surface area (Å²) < 4.78 is 42.4. The molecule has 2 heterocycles. The molecule has 0 aliphatic carbocycles. The number of benzene rings is 1. The summed E-state index contributed by atoms with van der Waals surface area (Å²) in [5.74, 6) is -2.83. The Morgan fingerprint density at radius 2 is 1.79 bits per heavy atom. The smallest absolute Gasteiger partial charge is 0.255 e. The second-order valence-electron chi connectivity index (χ2n) is 6.54. The van der Waals surface area contributed by atoms with Crippen LogP contribution in [-0.4, -0.2) is 15.9 Å². The lowest BCUT2D eigenvalue weighted by Gasteiger charge is -2.14. The van der Waals surface area contributed by atoms with Crippen LogP contribution in [-0.2, 0) is 5.67 Å². The quantitative estimate of drug-likeness (QED) is 0.580. The van der Waals surface area contributed by atoms with Crippen molar-refractivity contribution in [1.82, 2.24) is 9.97 Å². The van der Waals surface area contributed by atoms with Crippen molar-refractivity contribution < 1.29 is 18.0 Å². The highest BCUT2D eigenvalue weighted by molar-refractivity contribution is 6.29. The van der Waals surface area contributed by atoms with Gasteiger partial charge in [-0.1, -0.05) is 11.6 Å². The first-order valence-corrected chi connectivity index (χ1v) is 8.61. The molecule has 1 amide bonds. The van der Waals surface area contributed by atoms with E-state index in [0.717, 1.165) is 6.07 Å². The van der Waals surface area contributed by atoms with Gasteiger partial charge in [-0.2, -0.15) is 0 Å². The number of nitrogens with one attached hydrogen (secondary N) is 1. The molecule has 8 heteroatoms. The van der Waals surface area contributed by atoms with E-state index in [0.29, 0.717) is 5.56 Å². The van der Waals surface area contributed by atoms with Gasteiger partial charge in [-0.15, -0.1) is 0 Å². The second kappa shape index (κ2) is 7.59. The van der Waals surface area contributed by atoms with E-state index < -0.39 is 23.2 Å². The highest BCUT2D eigenvalue weighted by atomic mass is 35.5. The van der Waals surface area contributed by atoms with Gasteiger partial charge >= 0.3 is 0 Å². The fraction of sp³-hybridized carbons (Fsp3) is 0.150. The summed E-state index contributed by atoms with van der Waals surface area (Å²) in [6, 6.07) is 7.69. The van der Waals surface area contributed by atoms with Crippen molar-refractivity contribution in [1.29, 1.82) is 0 Å². The maximum Gasteiger partial charge on any atom is 0.255 e. The number of anilines is 1. The van der Waals surface area contributed by atoms with Gasteiger partial charge in [-0.3, -0.25) is 9.78 Å². The maximum atomic E-state index is 14.2. The average Bonchev–Trinajstić information content (AvgIpc) is 2.64. The van der Waals surface area contributed by atoms with Crippen molar-refractivity contribution in [2.45, 2.75) is 19.5 Å². The van der Waals surface area contributed by atoms with Gasteiger partial charge in [0.2, 0.25) is 0 Å². The molecule has 0 spiro atoms. The minimum atomic E-state index is -1.73. The van der Waals surface area contributed by atoms with Crippen LogP contribution in [0.4, 0.5) is 18.9 Å². The van der Waals surface area contributed by atoms with Gasteiger partial charge in [0.1, 0.15) is 10.8 Å². The van der Waals surface area contributed by atoms with E-state index in [2.05, 4.69) is 15.3 Å². The molecular weight excluding hydrogens is 391 g/mol. The van der Waals surface area contributed by atoms with Gasteiger partial charge < -0.3 is 5.32 Å². The molecule has 0 radical (unpaired) electrons. The zero-order valence-corrected chi connectivity index (χ0v) is 15.7. The predicted octanol–water partition coefficient (Wildman–Crippen LogP) is 5.53. The fourth-order valence-electron chi connectivity index (χ4n) is 2.54. The van der Waals surface area contributed by atoms with Crippen LogP contribution in [0, 0.1) is 11.6 Å². The van der Waals surface area contributed by atoms with Crippen molar-refractivity contribution in [3.8, 4) is 11.1 Å². The topological polar surface area (TPSA) is 54.9 Å². The number of hydrogen-bond acceptors (Lipinski definition) is 3. The molecule has 0 saturated heterocycles. The van der Waals surface area contributed by atoms with E-state index in [4.69, 9.17) is 11.6 Å². The molecule has 0 atom stereocenters. The number of carbonyl (C=O) groups is 1. The average molecular weight is 406 g/mol. The van der Waals surface area contributed by atoms with Gasteiger partial charge in [-0.05, 0) is 49.7 Å². The maximum absolute atomic E-state index is 14.2. The minimum Gasteiger partial charge on any atom is -0.322 e. The lowest BCUT2D eigenvalue weighted by atomic mass is 10.0. The number of pyridine rings is 2.